The molecule has 1 aromatic carbocycles. The first-order valence-corrected chi connectivity index (χ1v) is 13.6. The van der Waals surface area contributed by atoms with Crippen LogP contribution in [0.25, 0.3) is 21.9 Å². The highest BCUT2D eigenvalue weighted by molar-refractivity contribution is 7.88. The van der Waals surface area contributed by atoms with Crippen molar-refractivity contribution in [2.75, 3.05) is 24.7 Å². The molecule has 10 nitrogen and oxygen atoms in total. The molecule has 12 heteroatoms. The van der Waals surface area contributed by atoms with Crippen LogP contribution in [0.3, 0.4) is 0 Å². The summed E-state index contributed by atoms with van der Waals surface area (Å²) < 4.78 is 31.5. The van der Waals surface area contributed by atoms with E-state index in [1.54, 1.807) is 0 Å². The van der Waals surface area contributed by atoms with Crippen molar-refractivity contribution >= 4 is 49.4 Å². The van der Waals surface area contributed by atoms with Crippen LogP contribution in [0.15, 0.2) is 30.6 Å². The molecule has 0 bridgehead atoms. The first-order valence-electron chi connectivity index (χ1n) is 11.3. The summed E-state index contributed by atoms with van der Waals surface area (Å²) in [5.74, 6) is 1.83. The van der Waals surface area contributed by atoms with E-state index in [0.29, 0.717) is 48.3 Å². The molecule has 0 amide bonds. The number of pyridine rings is 1. The maximum atomic E-state index is 11.9. The molecule has 5 rings (SSSR count). The average Bonchev–Trinajstić information content (AvgIpc) is 3.20. The van der Waals surface area contributed by atoms with E-state index in [1.807, 2.05) is 38.1 Å². The monoisotopic (exact) mass is 515 g/mol. The van der Waals surface area contributed by atoms with Crippen molar-refractivity contribution in [3.05, 3.63) is 47.1 Å². The number of nitrogens with one attached hydrogen (secondary N) is 2. The fraction of sp³-hybridized carbons (Fsp3) is 0.391. The molecule has 0 spiro atoms. The van der Waals surface area contributed by atoms with Gasteiger partial charge >= 0.3 is 0 Å². The van der Waals surface area contributed by atoms with Gasteiger partial charge in [0.05, 0.1) is 28.4 Å². The number of imidazole rings is 1. The predicted octanol–water partition coefficient (Wildman–Crippen LogP) is 3.84. The summed E-state index contributed by atoms with van der Waals surface area (Å²) in [7, 11) is -3.21. The normalized spacial score (nSPS) is 16.6. The zero-order chi connectivity index (χ0) is 24.7. The van der Waals surface area contributed by atoms with Crippen LogP contribution in [0.4, 0.5) is 5.82 Å². The lowest BCUT2D eigenvalue weighted by atomic mass is 10.1. The van der Waals surface area contributed by atoms with Gasteiger partial charge in [0.2, 0.25) is 15.9 Å². The molecule has 0 radical (unpaired) electrons. The van der Waals surface area contributed by atoms with Crippen LogP contribution in [0, 0.1) is 6.92 Å². The maximum absolute atomic E-state index is 11.9. The Morgan fingerprint density at radius 3 is 2.74 bits per heavy atom. The summed E-state index contributed by atoms with van der Waals surface area (Å²) >= 11 is 6.54. The minimum absolute atomic E-state index is 0.159. The van der Waals surface area contributed by atoms with Crippen LogP contribution < -0.4 is 10.1 Å². The minimum Gasteiger partial charge on any atom is -0.474 e. The maximum Gasteiger partial charge on any atom is 0.223 e. The molecule has 1 aliphatic rings. The van der Waals surface area contributed by atoms with E-state index in [2.05, 4.69) is 25.3 Å². The Hall–Kier alpha value is -3.02. The summed E-state index contributed by atoms with van der Waals surface area (Å²) in [6, 6.07) is 7.44. The minimum atomic E-state index is -3.21. The van der Waals surface area contributed by atoms with E-state index in [9.17, 15) is 8.42 Å². The van der Waals surface area contributed by atoms with E-state index in [-0.39, 0.29) is 12.1 Å². The largest absolute Gasteiger partial charge is 0.474 e. The van der Waals surface area contributed by atoms with Crippen LogP contribution in [0.1, 0.15) is 37.3 Å². The van der Waals surface area contributed by atoms with Crippen LogP contribution >= 0.6 is 11.6 Å². The Kier molecular flexibility index (Phi) is 6.24. The van der Waals surface area contributed by atoms with Crippen LogP contribution in [0.2, 0.25) is 5.02 Å². The summed E-state index contributed by atoms with van der Waals surface area (Å²) in [5, 5.41) is 5.60. The van der Waals surface area contributed by atoms with E-state index < -0.39 is 10.0 Å². The van der Waals surface area contributed by atoms with E-state index in [4.69, 9.17) is 21.3 Å². The number of H-pyrrole nitrogens is 1. The third-order valence-electron chi connectivity index (χ3n) is 6.15. The number of aryl methyl sites for hydroxylation is 1. The average molecular weight is 516 g/mol. The number of fused-ring (bicyclic) bond motifs is 2. The van der Waals surface area contributed by atoms with Gasteiger partial charge < -0.3 is 15.0 Å². The highest BCUT2D eigenvalue weighted by Gasteiger charge is 2.27. The number of benzene rings is 1. The molecule has 0 saturated carbocycles. The number of nitrogens with zero attached hydrogens (tertiary/aromatic N) is 5. The van der Waals surface area contributed by atoms with Gasteiger partial charge in [0.1, 0.15) is 23.8 Å². The number of sulfonamides is 1. The van der Waals surface area contributed by atoms with Crippen molar-refractivity contribution < 1.29 is 13.2 Å². The van der Waals surface area contributed by atoms with Gasteiger partial charge in [-0.05, 0) is 44.2 Å². The second-order valence-corrected chi connectivity index (χ2v) is 11.2. The molecule has 1 aliphatic heterocycles. The lowest BCUT2D eigenvalue weighted by molar-refractivity contribution is 0.132. The molecule has 0 aliphatic carbocycles. The van der Waals surface area contributed by atoms with Gasteiger partial charge in [-0.15, -0.1) is 0 Å². The summed E-state index contributed by atoms with van der Waals surface area (Å²) in [5.41, 5.74) is 2.08. The number of hydrogen-bond acceptors (Lipinski definition) is 8. The Morgan fingerprint density at radius 1 is 1.23 bits per heavy atom. The van der Waals surface area contributed by atoms with Crippen LogP contribution in [0.5, 0.6) is 5.88 Å². The fourth-order valence-corrected chi connectivity index (χ4v) is 5.47. The van der Waals surface area contributed by atoms with Crippen molar-refractivity contribution in [1.82, 2.24) is 29.2 Å². The molecule has 4 heterocycles. The SMILES string of the molecule is Cc1nc2ncnc(NC(C)c3cc4cccc(Cl)c4c(OC4CCN(S(C)(=O)=O)CC4)n3)c2[nH]1. The van der Waals surface area contributed by atoms with Crippen molar-refractivity contribution in [2.24, 2.45) is 0 Å². The molecule has 35 heavy (non-hydrogen) atoms. The fourth-order valence-electron chi connectivity index (χ4n) is 4.33. The molecular formula is C23H26ClN7O3S. The Labute approximate surface area is 208 Å². The first-order chi connectivity index (χ1) is 16.7. The number of ether oxygens (including phenoxy) is 1. The van der Waals surface area contributed by atoms with Crippen molar-refractivity contribution in [2.45, 2.75) is 38.8 Å². The van der Waals surface area contributed by atoms with E-state index in [0.717, 1.165) is 27.8 Å². The molecule has 1 fully saturated rings. The van der Waals surface area contributed by atoms with E-state index >= 15 is 0 Å². The quantitative estimate of drug-likeness (QED) is 0.396. The van der Waals surface area contributed by atoms with Gasteiger partial charge in [0, 0.05) is 13.1 Å². The molecular weight excluding hydrogens is 490 g/mol. The zero-order valence-electron chi connectivity index (χ0n) is 19.6. The predicted molar refractivity (Wildman–Crippen MR) is 135 cm³/mol. The van der Waals surface area contributed by atoms with Gasteiger partial charge in [-0.25, -0.2) is 32.7 Å². The van der Waals surface area contributed by atoms with Gasteiger partial charge in [-0.3, -0.25) is 0 Å². The number of aromatic nitrogens is 5. The summed E-state index contributed by atoms with van der Waals surface area (Å²) in [4.78, 5) is 21.0. The van der Waals surface area contributed by atoms with E-state index in [1.165, 1.54) is 16.9 Å². The third kappa shape index (κ3) is 4.89. The Bertz CT molecular complexity index is 1500. The third-order valence-corrected chi connectivity index (χ3v) is 7.76. The Morgan fingerprint density at radius 2 is 2.00 bits per heavy atom. The van der Waals surface area contributed by atoms with Gasteiger partial charge in [0.15, 0.2) is 11.5 Å². The lowest BCUT2D eigenvalue weighted by Gasteiger charge is -2.30. The standard InChI is InChI=1S/C23H26ClN7O3S/c1-13(27-21-20-22(26-12-25-21)29-14(2)28-20)18-11-15-5-4-6-17(24)19(15)23(30-18)34-16-7-9-31(10-8-16)35(3,32)33/h4-6,11-13,16H,7-10H2,1-3H3,(H2,25,26,27,28,29). The van der Waals surface area contributed by atoms with Gasteiger partial charge in [-0.1, -0.05) is 23.7 Å². The highest BCUT2D eigenvalue weighted by atomic mass is 35.5. The molecule has 1 unspecified atom stereocenters. The van der Waals surface area contributed by atoms with Crippen molar-refractivity contribution in [3.8, 4) is 5.88 Å². The topological polar surface area (TPSA) is 126 Å². The lowest BCUT2D eigenvalue weighted by Crippen LogP contribution is -2.41. The van der Waals surface area contributed by atoms with Gasteiger partial charge in [0.25, 0.3) is 0 Å². The molecule has 3 aromatic heterocycles. The number of piperidine rings is 1. The van der Waals surface area contributed by atoms with Gasteiger partial charge in [-0.2, -0.15) is 0 Å². The van der Waals surface area contributed by atoms with Crippen molar-refractivity contribution in [1.29, 1.82) is 0 Å². The zero-order valence-corrected chi connectivity index (χ0v) is 21.2. The number of hydrogen-bond donors (Lipinski definition) is 2. The summed E-state index contributed by atoms with van der Waals surface area (Å²) in [6.07, 6.45) is 3.71. The Balaban J connectivity index is 1.44. The highest BCUT2D eigenvalue weighted by Crippen LogP contribution is 2.35. The van der Waals surface area contributed by atoms with Crippen molar-refractivity contribution in [3.63, 3.8) is 0 Å². The molecule has 4 aromatic rings. The molecule has 184 valence electrons. The number of halogens is 1. The molecule has 1 saturated heterocycles. The molecule has 1 atom stereocenters. The van der Waals surface area contributed by atoms with Crippen LogP contribution in [-0.2, 0) is 10.0 Å². The number of rotatable bonds is 6. The summed E-state index contributed by atoms with van der Waals surface area (Å²) in [6.45, 7) is 4.69. The smallest absolute Gasteiger partial charge is 0.223 e. The second kappa shape index (κ2) is 9.21. The van der Waals surface area contributed by atoms with Crippen LogP contribution in [-0.4, -0.2) is 63.1 Å². The first kappa shape index (κ1) is 23.7. The number of anilines is 1. The number of aromatic amines is 1. The molecule has 2 N–H and O–H groups in total. The second-order valence-electron chi connectivity index (χ2n) is 8.78.